The van der Waals surface area contributed by atoms with Gasteiger partial charge >= 0.3 is 0 Å². The number of ether oxygens (including phenoxy) is 2. The monoisotopic (exact) mass is 355 g/mol. The van der Waals surface area contributed by atoms with Crippen molar-refractivity contribution in [2.45, 2.75) is 6.54 Å². The van der Waals surface area contributed by atoms with Crippen LogP contribution in [0.5, 0.6) is 0 Å². The van der Waals surface area contributed by atoms with Gasteiger partial charge in [-0.15, -0.1) is 11.3 Å². The largest absolute Gasteiger partial charge is 0.382 e. The van der Waals surface area contributed by atoms with E-state index in [1.54, 1.807) is 18.4 Å². The highest BCUT2D eigenvalue weighted by atomic mass is 32.2. The standard InChI is InChI=1S/C16H21NO4S2/c1-20-9-10-21-11-12-23(18,19)17-13-15-7-8-16(22-15)14-5-3-2-4-6-14/h2-8,17H,9-13H2,1H3. The van der Waals surface area contributed by atoms with E-state index >= 15 is 0 Å². The summed E-state index contributed by atoms with van der Waals surface area (Å²) in [6.45, 7) is 1.33. The van der Waals surface area contributed by atoms with Gasteiger partial charge in [0.2, 0.25) is 10.0 Å². The topological polar surface area (TPSA) is 64.6 Å². The molecule has 0 radical (unpaired) electrons. The van der Waals surface area contributed by atoms with Gasteiger partial charge in [0.05, 0.1) is 25.6 Å². The molecule has 2 aromatic rings. The summed E-state index contributed by atoms with van der Waals surface area (Å²) >= 11 is 1.59. The zero-order valence-electron chi connectivity index (χ0n) is 13.0. The highest BCUT2D eigenvalue weighted by Crippen LogP contribution is 2.27. The number of sulfonamides is 1. The van der Waals surface area contributed by atoms with Crippen LogP contribution in [0.1, 0.15) is 4.88 Å². The van der Waals surface area contributed by atoms with Crippen molar-refractivity contribution in [2.24, 2.45) is 0 Å². The molecule has 5 nitrogen and oxygen atoms in total. The van der Waals surface area contributed by atoms with E-state index in [0.717, 1.165) is 15.3 Å². The van der Waals surface area contributed by atoms with Crippen LogP contribution in [0.25, 0.3) is 10.4 Å². The molecule has 1 aromatic carbocycles. The summed E-state index contributed by atoms with van der Waals surface area (Å²) < 4.78 is 36.4. The zero-order chi connectivity index (χ0) is 16.5. The third-order valence-corrected chi connectivity index (χ3v) is 5.54. The van der Waals surface area contributed by atoms with Crippen molar-refractivity contribution >= 4 is 21.4 Å². The van der Waals surface area contributed by atoms with Crippen molar-refractivity contribution in [3.8, 4) is 10.4 Å². The molecule has 0 aliphatic heterocycles. The molecule has 0 aliphatic rings. The summed E-state index contributed by atoms with van der Waals surface area (Å²) in [6.07, 6.45) is 0. The first kappa shape index (κ1) is 18.1. The molecule has 0 aliphatic carbocycles. The Labute approximate surface area is 141 Å². The van der Waals surface area contributed by atoms with Crippen LogP contribution < -0.4 is 4.72 Å². The molecular weight excluding hydrogens is 334 g/mol. The normalized spacial score (nSPS) is 11.7. The van der Waals surface area contributed by atoms with Crippen LogP contribution in [0.15, 0.2) is 42.5 Å². The molecular formula is C16H21NO4S2. The molecule has 1 heterocycles. The summed E-state index contributed by atoms with van der Waals surface area (Å²) in [6, 6.07) is 14.0. The average molecular weight is 355 g/mol. The lowest BCUT2D eigenvalue weighted by Crippen LogP contribution is -2.28. The smallest absolute Gasteiger partial charge is 0.214 e. The molecule has 23 heavy (non-hydrogen) atoms. The van der Waals surface area contributed by atoms with E-state index in [1.807, 2.05) is 42.5 Å². The molecule has 2 rings (SSSR count). The Bertz CT molecular complexity index is 683. The van der Waals surface area contributed by atoms with Crippen molar-refractivity contribution in [1.29, 1.82) is 0 Å². The Hall–Kier alpha value is -1.25. The van der Waals surface area contributed by atoms with E-state index in [-0.39, 0.29) is 12.4 Å². The van der Waals surface area contributed by atoms with Crippen LogP contribution in [0, 0.1) is 0 Å². The lowest BCUT2D eigenvalue weighted by molar-refractivity contribution is 0.0784. The van der Waals surface area contributed by atoms with Crippen molar-refractivity contribution in [1.82, 2.24) is 4.72 Å². The van der Waals surface area contributed by atoms with Crippen molar-refractivity contribution in [3.63, 3.8) is 0 Å². The maximum atomic E-state index is 11.9. The summed E-state index contributed by atoms with van der Waals surface area (Å²) in [5.41, 5.74) is 1.14. The molecule has 126 valence electrons. The first-order valence-corrected chi connectivity index (χ1v) is 9.76. The highest BCUT2D eigenvalue weighted by Gasteiger charge is 2.11. The predicted octanol–water partition coefficient (Wildman–Crippen LogP) is 2.50. The van der Waals surface area contributed by atoms with Gasteiger partial charge in [0, 0.05) is 23.4 Å². The number of nitrogens with one attached hydrogen (secondary N) is 1. The van der Waals surface area contributed by atoms with Crippen molar-refractivity contribution < 1.29 is 17.9 Å². The minimum atomic E-state index is -3.33. The van der Waals surface area contributed by atoms with Crippen LogP contribution in [0.4, 0.5) is 0 Å². The zero-order valence-corrected chi connectivity index (χ0v) is 14.7. The molecule has 0 atom stereocenters. The van der Waals surface area contributed by atoms with Gasteiger partial charge in [-0.1, -0.05) is 30.3 Å². The SMILES string of the molecule is COCCOCCS(=O)(=O)NCc1ccc(-c2ccccc2)s1. The quantitative estimate of drug-likeness (QED) is 0.665. The fourth-order valence-corrected chi connectivity index (χ4v) is 3.80. The second kappa shape index (κ2) is 9.14. The van der Waals surface area contributed by atoms with Gasteiger partial charge in [-0.25, -0.2) is 13.1 Å². The molecule has 0 bridgehead atoms. The Morgan fingerprint density at radius 3 is 2.57 bits per heavy atom. The molecule has 0 saturated heterocycles. The maximum absolute atomic E-state index is 11.9. The summed E-state index contributed by atoms with van der Waals surface area (Å²) in [4.78, 5) is 2.11. The van der Waals surface area contributed by atoms with E-state index in [1.165, 1.54) is 0 Å². The molecule has 0 unspecified atom stereocenters. The fourth-order valence-electron chi connectivity index (χ4n) is 1.90. The Morgan fingerprint density at radius 2 is 1.83 bits per heavy atom. The van der Waals surface area contributed by atoms with Crippen LogP contribution in [-0.2, 0) is 26.0 Å². The van der Waals surface area contributed by atoms with Gasteiger partial charge in [0.1, 0.15) is 0 Å². The van der Waals surface area contributed by atoms with Crippen molar-refractivity contribution in [2.75, 3.05) is 32.7 Å². The molecule has 0 fully saturated rings. The number of benzene rings is 1. The summed E-state index contributed by atoms with van der Waals surface area (Å²) in [5.74, 6) is -0.0480. The lowest BCUT2D eigenvalue weighted by atomic mass is 10.2. The molecule has 0 spiro atoms. The van der Waals surface area contributed by atoms with E-state index < -0.39 is 10.0 Å². The number of hydrogen-bond acceptors (Lipinski definition) is 5. The number of methoxy groups -OCH3 is 1. The van der Waals surface area contributed by atoms with Crippen LogP contribution in [0.2, 0.25) is 0 Å². The minimum Gasteiger partial charge on any atom is -0.382 e. The predicted molar refractivity (Wildman–Crippen MR) is 93.1 cm³/mol. The van der Waals surface area contributed by atoms with Gasteiger partial charge < -0.3 is 9.47 Å². The third-order valence-electron chi connectivity index (χ3n) is 3.11. The van der Waals surface area contributed by atoms with Crippen molar-refractivity contribution in [3.05, 3.63) is 47.3 Å². The minimum absolute atomic E-state index is 0.0480. The van der Waals surface area contributed by atoms with Gasteiger partial charge in [-0.2, -0.15) is 0 Å². The van der Waals surface area contributed by atoms with Gasteiger partial charge in [-0.05, 0) is 17.7 Å². The van der Waals surface area contributed by atoms with E-state index in [9.17, 15) is 8.42 Å². The molecule has 0 saturated carbocycles. The van der Waals surface area contributed by atoms with E-state index in [2.05, 4.69) is 4.72 Å². The summed E-state index contributed by atoms with van der Waals surface area (Å²) in [7, 11) is -1.76. The van der Waals surface area contributed by atoms with E-state index in [4.69, 9.17) is 9.47 Å². The van der Waals surface area contributed by atoms with Gasteiger partial charge in [0.15, 0.2) is 0 Å². The van der Waals surface area contributed by atoms with Crippen LogP contribution in [-0.4, -0.2) is 41.1 Å². The molecule has 7 heteroatoms. The van der Waals surface area contributed by atoms with E-state index in [0.29, 0.717) is 19.8 Å². The first-order valence-electron chi connectivity index (χ1n) is 7.29. The summed E-state index contributed by atoms with van der Waals surface area (Å²) in [5, 5.41) is 0. The first-order chi connectivity index (χ1) is 11.1. The van der Waals surface area contributed by atoms with Gasteiger partial charge in [0.25, 0.3) is 0 Å². The Balaban J connectivity index is 1.80. The lowest BCUT2D eigenvalue weighted by Gasteiger charge is -2.06. The fraction of sp³-hybridized carbons (Fsp3) is 0.375. The second-order valence-corrected chi connectivity index (χ2v) is 7.97. The highest BCUT2D eigenvalue weighted by molar-refractivity contribution is 7.89. The third kappa shape index (κ3) is 6.40. The average Bonchev–Trinajstić information content (AvgIpc) is 3.03. The maximum Gasteiger partial charge on any atom is 0.214 e. The number of thiophene rings is 1. The molecule has 1 N–H and O–H groups in total. The van der Waals surface area contributed by atoms with Crippen LogP contribution >= 0.6 is 11.3 Å². The molecule has 1 aromatic heterocycles. The van der Waals surface area contributed by atoms with Crippen LogP contribution in [0.3, 0.4) is 0 Å². The Morgan fingerprint density at radius 1 is 1.04 bits per heavy atom. The van der Waals surface area contributed by atoms with Gasteiger partial charge in [-0.3, -0.25) is 0 Å². The Kier molecular flexibility index (Phi) is 7.19. The molecule has 0 amide bonds. The number of hydrogen-bond donors (Lipinski definition) is 1. The second-order valence-electron chi connectivity index (χ2n) is 4.88. The number of rotatable bonds is 10.